The summed E-state index contributed by atoms with van der Waals surface area (Å²) in [6.45, 7) is 2.12. The van der Waals surface area contributed by atoms with Crippen LogP contribution in [0.5, 0.6) is 5.75 Å². The molecule has 1 aliphatic heterocycles. The maximum absolute atomic E-state index is 12.2. The number of carbonyl (C=O) groups is 1. The fourth-order valence-corrected chi connectivity index (χ4v) is 3.52. The minimum atomic E-state index is 0.128. The average molecular weight is 288 g/mol. The van der Waals surface area contributed by atoms with Gasteiger partial charge >= 0.3 is 0 Å². The summed E-state index contributed by atoms with van der Waals surface area (Å²) in [5.41, 5.74) is 8.30. The van der Waals surface area contributed by atoms with Gasteiger partial charge in [0.2, 0.25) is 5.91 Å². The van der Waals surface area contributed by atoms with Gasteiger partial charge in [0, 0.05) is 18.9 Å². The van der Waals surface area contributed by atoms with Gasteiger partial charge < -0.3 is 15.8 Å². The Labute approximate surface area is 126 Å². The number of hydrogen-bond donors (Lipinski definition) is 2. The summed E-state index contributed by atoms with van der Waals surface area (Å²) in [6, 6.07) is 6.34. The second-order valence-electron chi connectivity index (χ2n) is 6.11. The van der Waals surface area contributed by atoms with E-state index in [9.17, 15) is 4.79 Å². The largest absolute Gasteiger partial charge is 0.493 e. The number of rotatable bonds is 5. The zero-order valence-electron chi connectivity index (χ0n) is 12.4. The first-order valence-corrected chi connectivity index (χ1v) is 8.00. The third kappa shape index (κ3) is 3.21. The predicted molar refractivity (Wildman–Crippen MR) is 82.2 cm³/mol. The summed E-state index contributed by atoms with van der Waals surface area (Å²) in [4.78, 5) is 12.2. The summed E-state index contributed by atoms with van der Waals surface area (Å²) < 4.78 is 5.51. The van der Waals surface area contributed by atoms with Gasteiger partial charge in [0.1, 0.15) is 5.75 Å². The number of hydrogen-bond acceptors (Lipinski definition) is 3. The summed E-state index contributed by atoms with van der Waals surface area (Å²) in [5, 5.41) is 3.08. The Kier molecular flexibility index (Phi) is 4.44. The molecule has 0 unspecified atom stereocenters. The quantitative estimate of drug-likeness (QED) is 0.866. The van der Waals surface area contributed by atoms with Gasteiger partial charge in [0.15, 0.2) is 0 Å². The van der Waals surface area contributed by atoms with Crippen LogP contribution in [0.2, 0.25) is 0 Å². The topological polar surface area (TPSA) is 64.4 Å². The van der Waals surface area contributed by atoms with Crippen LogP contribution in [0.25, 0.3) is 0 Å². The lowest BCUT2D eigenvalue weighted by Crippen LogP contribution is -2.36. The Morgan fingerprint density at radius 1 is 1.38 bits per heavy atom. The van der Waals surface area contributed by atoms with Gasteiger partial charge in [-0.05, 0) is 48.9 Å². The SMILES string of the molecule is NC[C@H]1CCC[C@H]1C(=O)NCCc1ccc2c(c1)CCO2. The maximum atomic E-state index is 12.2. The molecule has 0 saturated heterocycles. The van der Waals surface area contributed by atoms with Gasteiger partial charge in [-0.3, -0.25) is 4.79 Å². The van der Waals surface area contributed by atoms with Crippen LogP contribution >= 0.6 is 0 Å². The fourth-order valence-electron chi connectivity index (χ4n) is 3.52. The molecule has 1 aliphatic carbocycles. The number of nitrogens with one attached hydrogen (secondary N) is 1. The number of fused-ring (bicyclic) bond motifs is 1. The molecule has 3 N–H and O–H groups in total. The van der Waals surface area contributed by atoms with Crippen LogP contribution in [-0.2, 0) is 17.6 Å². The van der Waals surface area contributed by atoms with Crippen LogP contribution in [0.15, 0.2) is 18.2 Å². The van der Waals surface area contributed by atoms with Crippen molar-refractivity contribution in [1.29, 1.82) is 0 Å². The summed E-state index contributed by atoms with van der Waals surface area (Å²) in [6.07, 6.45) is 5.09. The molecule has 0 radical (unpaired) electrons. The summed E-state index contributed by atoms with van der Waals surface area (Å²) in [7, 11) is 0. The Morgan fingerprint density at radius 3 is 3.14 bits per heavy atom. The second-order valence-corrected chi connectivity index (χ2v) is 6.11. The highest BCUT2D eigenvalue weighted by molar-refractivity contribution is 5.79. The smallest absolute Gasteiger partial charge is 0.223 e. The van der Waals surface area contributed by atoms with Crippen LogP contribution in [0.4, 0.5) is 0 Å². The van der Waals surface area contributed by atoms with Crippen molar-refractivity contribution < 1.29 is 9.53 Å². The van der Waals surface area contributed by atoms with E-state index in [1.165, 1.54) is 11.1 Å². The Bertz CT molecular complexity index is 516. The number of carbonyl (C=O) groups excluding carboxylic acids is 1. The minimum Gasteiger partial charge on any atom is -0.493 e. The lowest BCUT2D eigenvalue weighted by molar-refractivity contribution is -0.125. The molecule has 4 heteroatoms. The molecular weight excluding hydrogens is 264 g/mol. The third-order valence-corrected chi connectivity index (χ3v) is 4.77. The van der Waals surface area contributed by atoms with Crippen LogP contribution in [0.1, 0.15) is 30.4 Å². The molecule has 1 fully saturated rings. The molecule has 0 aromatic heterocycles. The highest BCUT2D eigenvalue weighted by atomic mass is 16.5. The van der Waals surface area contributed by atoms with Crippen molar-refractivity contribution in [3.05, 3.63) is 29.3 Å². The van der Waals surface area contributed by atoms with E-state index < -0.39 is 0 Å². The molecule has 4 nitrogen and oxygen atoms in total. The predicted octanol–water partition coefficient (Wildman–Crippen LogP) is 1.66. The average Bonchev–Trinajstić information content (AvgIpc) is 3.15. The standard InChI is InChI=1S/C17H24N2O2/c18-11-14-2-1-3-15(14)17(20)19-8-6-12-4-5-16-13(10-12)7-9-21-16/h4-5,10,14-15H,1-3,6-9,11,18H2,(H,19,20)/t14-,15-/m1/s1. The lowest BCUT2D eigenvalue weighted by atomic mass is 9.95. The van der Waals surface area contributed by atoms with Crippen molar-refractivity contribution in [1.82, 2.24) is 5.32 Å². The Balaban J connectivity index is 1.48. The van der Waals surface area contributed by atoms with E-state index in [-0.39, 0.29) is 11.8 Å². The Morgan fingerprint density at radius 2 is 2.29 bits per heavy atom. The van der Waals surface area contributed by atoms with Gasteiger partial charge in [0.25, 0.3) is 0 Å². The molecule has 114 valence electrons. The molecule has 1 aromatic rings. The third-order valence-electron chi connectivity index (χ3n) is 4.77. The van der Waals surface area contributed by atoms with Crippen molar-refractivity contribution in [3.63, 3.8) is 0 Å². The first kappa shape index (κ1) is 14.4. The fraction of sp³-hybridized carbons (Fsp3) is 0.588. The molecular formula is C17H24N2O2. The van der Waals surface area contributed by atoms with Crippen LogP contribution < -0.4 is 15.8 Å². The van der Waals surface area contributed by atoms with Crippen molar-refractivity contribution in [3.8, 4) is 5.75 Å². The summed E-state index contributed by atoms with van der Waals surface area (Å²) >= 11 is 0. The molecule has 0 spiro atoms. The van der Waals surface area contributed by atoms with E-state index in [2.05, 4.69) is 17.4 Å². The lowest BCUT2D eigenvalue weighted by Gasteiger charge is -2.17. The zero-order valence-corrected chi connectivity index (χ0v) is 12.4. The highest BCUT2D eigenvalue weighted by Crippen LogP contribution is 2.31. The van der Waals surface area contributed by atoms with E-state index in [1.807, 2.05) is 6.07 Å². The molecule has 0 bridgehead atoms. The van der Waals surface area contributed by atoms with Gasteiger partial charge in [0.05, 0.1) is 6.61 Å². The first-order valence-electron chi connectivity index (χ1n) is 8.00. The number of benzene rings is 1. The van der Waals surface area contributed by atoms with E-state index in [0.717, 1.165) is 44.5 Å². The highest BCUT2D eigenvalue weighted by Gasteiger charge is 2.31. The summed E-state index contributed by atoms with van der Waals surface area (Å²) in [5.74, 6) is 1.71. The van der Waals surface area contributed by atoms with E-state index in [0.29, 0.717) is 19.0 Å². The first-order chi connectivity index (χ1) is 10.3. The zero-order chi connectivity index (χ0) is 14.7. The van der Waals surface area contributed by atoms with Crippen LogP contribution in [0.3, 0.4) is 0 Å². The van der Waals surface area contributed by atoms with E-state index in [4.69, 9.17) is 10.5 Å². The van der Waals surface area contributed by atoms with Crippen molar-refractivity contribution >= 4 is 5.91 Å². The van der Waals surface area contributed by atoms with E-state index >= 15 is 0 Å². The minimum absolute atomic E-state index is 0.128. The molecule has 2 aliphatic rings. The van der Waals surface area contributed by atoms with Crippen molar-refractivity contribution in [2.24, 2.45) is 17.6 Å². The molecule has 21 heavy (non-hydrogen) atoms. The molecule has 1 saturated carbocycles. The monoisotopic (exact) mass is 288 g/mol. The number of ether oxygens (including phenoxy) is 1. The van der Waals surface area contributed by atoms with Gasteiger partial charge in [-0.25, -0.2) is 0 Å². The molecule has 2 atom stereocenters. The van der Waals surface area contributed by atoms with Crippen LogP contribution in [0, 0.1) is 11.8 Å². The van der Waals surface area contributed by atoms with Gasteiger partial charge in [-0.2, -0.15) is 0 Å². The molecule has 1 aromatic carbocycles. The van der Waals surface area contributed by atoms with Crippen LogP contribution in [-0.4, -0.2) is 25.6 Å². The number of amides is 1. The van der Waals surface area contributed by atoms with Gasteiger partial charge in [-0.1, -0.05) is 18.6 Å². The maximum Gasteiger partial charge on any atom is 0.223 e. The van der Waals surface area contributed by atoms with Gasteiger partial charge in [-0.15, -0.1) is 0 Å². The van der Waals surface area contributed by atoms with Crippen molar-refractivity contribution in [2.45, 2.75) is 32.1 Å². The second kappa shape index (κ2) is 6.48. The molecule has 3 rings (SSSR count). The molecule has 1 heterocycles. The normalized spacial score (nSPS) is 23.7. The Hall–Kier alpha value is -1.55. The number of nitrogens with two attached hydrogens (primary N) is 1. The van der Waals surface area contributed by atoms with Crippen molar-refractivity contribution in [2.75, 3.05) is 19.7 Å². The van der Waals surface area contributed by atoms with E-state index in [1.54, 1.807) is 0 Å². The molecule has 1 amide bonds.